The number of carbonyl (C=O) groups excluding carboxylic acids is 1. The molecule has 10 heteroatoms. The summed E-state index contributed by atoms with van der Waals surface area (Å²) in [5.41, 5.74) is 2.87. The maximum absolute atomic E-state index is 13.2. The van der Waals surface area contributed by atoms with Crippen molar-refractivity contribution in [3.63, 3.8) is 0 Å². The summed E-state index contributed by atoms with van der Waals surface area (Å²) < 4.78 is 39.9. The van der Waals surface area contributed by atoms with Gasteiger partial charge in [-0.2, -0.15) is 0 Å². The molecule has 0 aromatic heterocycles. The van der Waals surface area contributed by atoms with Crippen LogP contribution in [0.5, 0.6) is 28.7 Å². The van der Waals surface area contributed by atoms with Crippen molar-refractivity contribution in [3.8, 4) is 28.7 Å². The lowest BCUT2D eigenvalue weighted by molar-refractivity contribution is -0.0363. The highest BCUT2D eigenvalue weighted by Crippen LogP contribution is 2.55. The van der Waals surface area contributed by atoms with Crippen LogP contribution < -0.4 is 23.7 Å². The summed E-state index contributed by atoms with van der Waals surface area (Å²) in [7, 11) is 4.60. The van der Waals surface area contributed by atoms with E-state index in [1.165, 1.54) is 14.2 Å². The van der Waals surface area contributed by atoms with Gasteiger partial charge in [-0.1, -0.05) is 6.07 Å². The Bertz CT molecular complexity index is 1180. The van der Waals surface area contributed by atoms with E-state index in [0.717, 1.165) is 11.1 Å². The van der Waals surface area contributed by atoms with E-state index < -0.39 is 24.2 Å². The first-order valence-electron chi connectivity index (χ1n) is 12.4. The van der Waals surface area contributed by atoms with Gasteiger partial charge in [-0.25, -0.2) is 4.79 Å². The Kier molecular flexibility index (Phi) is 7.06. The summed E-state index contributed by atoms with van der Waals surface area (Å²) in [6, 6.07) is 5.10. The molecule has 3 atom stereocenters. The third kappa shape index (κ3) is 4.43. The molecule has 3 unspecified atom stereocenters. The number of fused-ring (bicyclic) bond motifs is 3. The first kappa shape index (κ1) is 25.4. The third-order valence-corrected chi connectivity index (χ3v) is 6.98. The minimum Gasteiger partial charge on any atom is -0.493 e. The molecule has 0 saturated heterocycles. The standard InChI is InChI=1S/C27H33NO9/c1-14(2)34-12-16(29)11-28-9-8-15-10-19-25(36-13-35-19)26(33-5)20(15)22(28)23-17-6-7-18(31-3)24(32-4)21(17)27(30)37-23/h6-7,10,14,16,22-23,29H,8-9,11-13H2,1-5H3. The Labute approximate surface area is 215 Å². The third-order valence-electron chi connectivity index (χ3n) is 6.98. The average Bonchev–Trinajstić information content (AvgIpc) is 3.49. The molecule has 0 saturated carbocycles. The number of rotatable bonds is 9. The number of aliphatic hydroxyl groups excluding tert-OH is 1. The number of nitrogens with zero attached hydrogens (tertiary/aromatic N) is 1. The van der Waals surface area contributed by atoms with E-state index >= 15 is 0 Å². The summed E-state index contributed by atoms with van der Waals surface area (Å²) >= 11 is 0. The van der Waals surface area contributed by atoms with Crippen molar-refractivity contribution >= 4 is 5.97 Å². The number of esters is 1. The maximum atomic E-state index is 13.2. The predicted molar refractivity (Wildman–Crippen MR) is 132 cm³/mol. The maximum Gasteiger partial charge on any atom is 0.343 e. The number of β-amino-alcohol motifs (C(OH)–C–C–N with tert-alkyl or cyclic N) is 1. The fourth-order valence-electron chi connectivity index (χ4n) is 5.43. The lowest BCUT2D eigenvalue weighted by Crippen LogP contribution is -2.44. The van der Waals surface area contributed by atoms with Crippen molar-refractivity contribution in [2.75, 3.05) is 47.8 Å². The molecule has 0 spiro atoms. The van der Waals surface area contributed by atoms with E-state index in [4.69, 9.17) is 33.2 Å². The van der Waals surface area contributed by atoms with E-state index in [1.54, 1.807) is 13.2 Å². The van der Waals surface area contributed by atoms with Crippen molar-refractivity contribution in [1.82, 2.24) is 4.90 Å². The predicted octanol–water partition coefficient (Wildman–Crippen LogP) is 3.04. The topological polar surface area (TPSA) is 105 Å². The fraction of sp³-hybridized carbons (Fsp3) is 0.519. The van der Waals surface area contributed by atoms with Crippen molar-refractivity contribution in [3.05, 3.63) is 40.5 Å². The number of hydrogen-bond acceptors (Lipinski definition) is 10. The summed E-state index contributed by atoms with van der Waals surface area (Å²) in [6.45, 7) is 5.08. The van der Waals surface area contributed by atoms with Crippen LogP contribution in [0, 0.1) is 0 Å². The van der Waals surface area contributed by atoms with Crippen molar-refractivity contribution in [1.29, 1.82) is 0 Å². The molecule has 0 bridgehead atoms. The van der Waals surface area contributed by atoms with Gasteiger partial charge in [-0.15, -0.1) is 0 Å². The van der Waals surface area contributed by atoms with Gasteiger partial charge in [-0.05, 0) is 38.0 Å². The Morgan fingerprint density at radius 2 is 1.89 bits per heavy atom. The minimum atomic E-state index is -0.742. The highest BCUT2D eigenvalue weighted by atomic mass is 16.7. The van der Waals surface area contributed by atoms with Gasteiger partial charge in [0, 0.05) is 24.2 Å². The van der Waals surface area contributed by atoms with Gasteiger partial charge in [0.15, 0.2) is 23.0 Å². The van der Waals surface area contributed by atoms with Gasteiger partial charge < -0.3 is 38.3 Å². The molecule has 0 fully saturated rings. The second-order valence-electron chi connectivity index (χ2n) is 9.53. The lowest BCUT2D eigenvalue weighted by Gasteiger charge is -2.41. The smallest absolute Gasteiger partial charge is 0.343 e. The Hall–Kier alpha value is -3.21. The van der Waals surface area contributed by atoms with E-state index in [1.807, 2.05) is 26.0 Å². The van der Waals surface area contributed by atoms with E-state index in [9.17, 15) is 9.90 Å². The molecule has 0 radical (unpaired) electrons. The fourth-order valence-corrected chi connectivity index (χ4v) is 5.43. The molecule has 2 aromatic rings. The molecule has 3 aliphatic heterocycles. The number of cyclic esters (lactones) is 1. The zero-order chi connectivity index (χ0) is 26.3. The van der Waals surface area contributed by atoms with Crippen LogP contribution in [0.25, 0.3) is 0 Å². The van der Waals surface area contributed by atoms with Crippen molar-refractivity contribution < 1.29 is 43.1 Å². The van der Waals surface area contributed by atoms with Gasteiger partial charge in [0.25, 0.3) is 0 Å². The summed E-state index contributed by atoms with van der Waals surface area (Å²) in [6.07, 6.45) is -0.740. The molecule has 37 heavy (non-hydrogen) atoms. The van der Waals surface area contributed by atoms with Gasteiger partial charge in [-0.3, -0.25) is 4.90 Å². The average molecular weight is 516 g/mol. The largest absolute Gasteiger partial charge is 0.493 e. The van der Waals surface area contributed by atoms with E-state index in [2.05, 4.69) is 4.90 Å². The number of hydrogen-bond donors (Lipinski definition) is 1. The molecule has 2 aromatic carbocycles. The van der Waals surface area contributed by atoms with Crippen LogP contribution in [-0.4, -0.2) is 76.0 Å². The molecular weight excluding hydrogens is 482 g/mol. The first-order valence-corrected chi connectivity index (χ1v) is 12.4. The number of aliphatic hydroxyl groups is 1. The number of carbonyl (C=O) groups is 1. The second kappa shape index (κ2) is 10.3. The van der Waals surface area contributed by atoms with Crippen LogP contribution >= 0.6 is 0 Å². The van der Waals surface area contributed by atoms with Crippen LogP contribution in [0.4, 0.5) is 0 Å². The van der Waals surface area contributed by atoms with Crippen LogP contribution in [0.15, 0.2) is 18.2 Å². The van der Waals surface area contributed by atoms with Gasteiger partial charge in [0.1, 0.15) is 11.7 Å². The molecule has 0 aliphatic carbocycles. The van der Waals surface area contributed by atoms with Gasteiger partial charge in [0.05, 0.1) is 46.2 Å². The Morgan fingerprint density at radius 1 is 1.11 bits per heavy atom. The van der Waals surface area contributed by atoms with Crippen LogP contribution in [0.3, 0.4) is 0 Å². The minimum absolute atomic E-state index is 0.00234. The first-order chi connectivity index (χ1) is 17.9. The molecule has 0 amide bonds. The molecule has 3 aliphatic rings. The van der Waals surface area contributed by atoms with Gasteiger partial charge >= 0.3 is 5.97 Å². The van der Waals surface area contributed by atoms with Crippen LogP contribution in [0.2, 0.25) is 0 Å². The number of methoxy groups -OCH3 is 3. The highest BCUT2D eigenvalue weighted by molar-refractivity contribution is 5.98. The second-order valence-corrected chi connectivity index (χ2v) is 9.53. The SMILES string of the molecule is COc1ccc2c(c1OC)C(=O)OC2C1c2c(cc3c(c2OC)OCO3)CCN1CC(O)COC(C)C. The summed E-state index contributed by atoms with van der Waals surface area (Å²) in [5, 5.41) is 10.9. The zero-order valence-corrected chi connectivity index (χ0v) is 21.7. The number of ether oxygens (including phenoxy) is 7. The van der Waals surface area contributed by atoms with Crippen molar-refractivity contribution in [2.45, 2.75) is 44.6 Å². The molecule has 5 rings (SSSR count). The summed E-state index contributed by atoms with van der Waals surface area (Å²) in [4.78, 5) is 15.3. The molecule has 10 nitrogen and oxygen atoms in total. The zero-order valence-electron chi connectivity index (χ0n) is 21.7. The van der Waals surface area contributed by atoms with Crippen LogP contribution in [0.1, 0.15) is 53.0 Å². The Morgan fingerprint density at radius 3 is 2.59 bits per heavy atom. The van der Waals surface area contributed by atoms with E-state index in [0.29, 0.717) is 59.4 Å². The molecule has 200 valence electrons. The van der Waals surface area contributed by atoms with E-state index in [-0.39, 0.29) is 19.5 Å². The molecule has 1 N–H and O–H groups in total. The van der Waals surface area contributed by atoms with Crippen molar-refractivity contribution in [2.24, 2.45) is 0 Å². The lowest BCUT2D eigenvalue weighted by atomic mass is 9.85. The number of benzene rings is 2. The quantitative estimate of drug-likeness (QED) is 0.501. The molecule has 3 heterocycles. The highest BCUT2D eigenvalue weighted by Gasteiger charge is 2.47. The molecular formula is C27H33NO9. The normalized spacial score (nSPS) is 20.9. The summed E-state index contributed by atoms with van der Waals surface area (Å²) in [5.74, 6) is 1.97. The Balaban J connectivity index is 1.62. The van der Waals surface area contributed by atoms with Crippen LogP contribution in [-0.2, 0) is 15.9 Å². The van der Waals surface area contributed by atoms with Gasteiger partial charge in [0.2, 0.25) is 12.5 Å². The monoisotopic (exact) mass is 515 g/mol.